The predicted molar refractivity (Wildman–Crippen MR) is 38.9 cm³/mol. The van der Waals surface area contributed by atoms with Crippen molar-refractivity contribution in [3.05, 3.63) is 0 Å². The monoisotopic (exact) mass is 155 g/mol. The molecular weight excluding hydrogens is 145 g/mol. The van der Waals surface area contributed by atoms with Crippen LogP contribution >= 0.6 is 24.0 Å². The fraction of sp³-hybridized carbons (Fsp3) is 1.00. The smallest absolute Gasteiger partial charge is 0.0264 e. The lowest BCUT2D eigenvalue weighted by molar-refractivity contribution is 0.658. The van der Waals surface area contributed by atoms with Crippen LogP contribution in [0.25, 0.3) is 0 Å². The molecule has 1 aliphatic rings. The van der Waals surface area contributed by atoms with E-state index in [9.17, 15) is 0 Å². The Morgan fingerprint density at radius 1 is 1.62 bits per heavy atom. The maximum atomic E-state index is 5.57. The van der Waals surface area contributed by atoms with Crippen molar-refractivity contribution in [3.8, 4) is 0 Å². The molecule has 1 atom stereocenters. The van der Waals surface area contributed by atoms with Crippen LogP contribution in [0, 0.1) is 5.92 Å². The molecule has 1 saturated heterocycles. The predicted octanol–water partition coefficient (Wildman–Crippen LogP) is 1.26. The molecule has 1 heterocycles. The Balaban J connectivity index is 0.000000490. The molecule has 0 bridgehead atoms. The van der Waals surface area contributed by atoms with E-state index < -0.39 is 0 Å². The molecule has 0 aromatic rings. The molecule has 0 saturated carbocycles. The SMILES string of the molecule is Cl.ClCC1CCNC1. The van der Waals surface area contributed by atoms with Gasteiger partial charge >= 0.3 is 0 Å². The largest absolute Gasteiger partial charge is 0.316 e. The molecule has 1 fully saturated rings. The first-order chi connectivity index (χ1) is 3.43. The van der Waals surface area contributed by atoms with Crippen LogP contribution in [0.5, 0.6) is 0 Å². The van der Waals surface area contributed by atoms with Gasteiger partial charge in [0.2, 0.25) is 0 Å². The summed E-state index contributed by atoms with van der Waals surface area (Å²) in [5.74, 6) is 1.58. The van der Waals surface area contributed by atoms with Crippen molar-refractivity contribution in [1.82, 2.24) is 5.32 Å². The normalized spacial score (nSPS) is 27.4. The van der Waals surface area contributed by atoms with E-state index in [1.54, 1.807) is 0 Å². The van der Waals surface area contributed by atoms with E-state index >= 15 is 0 Å². The first-order valence-corrected chi connectivity index (χ1v) is 3.23. The summed E-state index contributed by atoms with van der Waals surface area (Å²) in [6, 6.07) is 0. The molecule has 0 aromatic heterocycles. The average Bonchev–Trinajstić information content (AvgIpc) is 2.14. The number of alkyl halides is 1. The lowest BCUT2D eigenvalue weighted by atomic mass is 10.2. The Morgan fingerprint density at radius 2 is 2.38 bits per heavy atom. The third-order valence-electron chi connectivity index (χ3n) is 1.38. The molecule has 0 amide bonds. The lowest BCUT2D eigenvalue weighted by Gasteiger charge is -1.97. The summed E-state index contributed by atoms with van der Waals surface area (Å²) in [5.41, 5.74) is 0. The molecule has 1 unspecified atom stereocenters. The Kier molecular flexibility index (Phi) is 4.72. The minimum absolute atomic E-state index is 0. The van der Waals surface area contributed by atoms with Gasteiger partial charge < -0.3 is 5.32 Å². The molecule has 1 N–H and O–H groups in total. The maximum Gasteiger partial charge on any atom is 0.0264 e. The summed E-state index contributed by atoms with van der Waals surface area (Å²) >= 11 is 5.57. The minimum atomic E-state index is 0. The molecule has 1 rings (SSSR count). The van der Waals surface area contributed by atoms with E-state index in [0.717, 1.165) is 24.9 Å². The Labute approximate surface area is 61.2 Å². The van der Waals surface area contributed by atoms with Gasteiger partial charge in [-0.25, -0.2) is 0 Å². The molecular formula is C5H11Cl2N. The van der Waals surface area contributed by atoms with Gasteiger partial charge in [-0.15, -0.1) is 24.0 Å². The molecule has 50 valence electrons. The van der Waals surface area contributed by atoms with Crippen molar-refractivity contribution in [1.29, 1.82) is 0 Å². The molecule has 1 nitrogen and oxygen atoms in total. The Morgan fingerprint density at radius 3 is 2.62 bits per heavy atom. The van der Waals surface area contributed by atoms with E-state index in [0.29, 0.717) is 0 Å². The van der Waals surface area contributed by atoms with Crippen LogP contribution in [0.3, 0.4) is 0 Å². The van der Waals surface area contributed by atoms with Crippen LogP contribution in [-0.4, -0.2) is 19.0 Å². The summed E-state index contributed by atoms with van der Waals surface area (Å²) < 4.78 is 0. The second-order valence-electron chi connectivity index (χ2n) is 2.01. The van der Waals surface area contributed by atoms with Crippen molar-refractivity contribution in [2.45, 2.75) is 6.42 Å². The van der Waals surface area contributed by atoms with Crippen molar-refractivity contribution in [2.24, 2.45) is 5.92 Å². The summed E-state index contributed by atoms with van der Waals surface area (Å²) in [6.45, 7) is 2.29. The number of halogens is 2. The van der Waals surface area contributed by atoms with Gasteiger partial charge in [-0.1, -0.05) is 0 Å². The number of rotatable bonds is 1. The third-order valence-corrected chi connectivity index (χ3v) is 1.82. The molecule has 0 radical (unpaired) electrons. The summed E-state index contributed by atoms with van der Waals surface area (Å²) in [6.07, 6.45) is 1.27. The molecule has 3 heteroatoms. The Bertz CT molecular complexity index is 52.4. The summed E-state index contributed by atoms with van der Waals surface area (Å²) in [7, 11) is 0. The van der Waals surface area contributed by atoms with Crippen LogP contribution in [0.4, 0.5) is 0 Å². The quantitative estimate of drug-likeness (QED) is 0.563. The highest BCUT2D eigenvalue weighted by Crippen LogP contribution is 2.07. The second-order valence-corrected chi connectivity index (χ2v) is 2.32. The minimum Gasteiger partial charge on any atom is -0.316 e. The first-order valence-electron chi connectivity index (χ1n) is 2.70. The third kappa shape index (κ3) is 2.21. The van der Waals surface area contributed by atoms with Crippen LogP contribution in [0.1, 0.15) is 6.42 Å². The van der Waals surface area contributed by atoms with Gasteiger partial charge in [-0.2, -0.15) is 0 Å². The zero-order valence-corrected chi connectivity index (χ0v) is 6.26. The van der Waals surface area contributed by atoms with Gasteiger partial charge in [0.05, 0.1) is 0 Å². The zero-order valence-electron chi connectivity index (χ0n) is 4.69. The number of hydrogen-bond acceptors (Lipinski definition) is 1. The molecule has 1 aliphatic heterocycles. The highest BCUT2D eigenvalue weighted by Gasteiger charge is 2.11. The van der Waals surface area contributed by atoms with E-state index in [2.05, 4.69) is 5.32 Å². The number of nitrogens with one attached hydrogen (secondary N) is 1. The number of hydrogen-bond donors (Lipinski definition) is 1. The highest BCUT2D eigenvalue weighted by molar-refractivity contribution is 6.18. The second kappa shape index (κ2) is 4.42. The highest BCUT2D eigenvalue weighted by atomic mass is 35.5. The Hall–Kier alpha value is 0.540. The molecule has 0 aromatic carbocycles. The molecule has 0 spiro atoms. The topological polar surface area (TPSA) is 12.0 Å². The van der Waals surface area contributed by atoms with Crippen LogP contribution in [0.2, 0.25) is 0 Å². The zero-order chi connectivity index (χ0) is 5.11. The van der Waals surface area contributed by atoms with Gasteiger partial charge in [0.1, 0.15) is 0 Å². The van der Waals surface area contributed by atoms with Crippen molar-refractivity contribution < 1.29 is 0 Å². The maximum absolute atomic E-state index is 5.57. The summed E-state index contributed by atoms with van der Waals surface area (Å²) in [4.78, 5) is 0. The standard InChI is InChI=1S/C5H10ClN.ClH/c6-3-5-1-2-7-4-5;/h5,7H,1-4H2;1H. The fourth-order valence-electron chi connectivity index (χ4n) is 0.846. The van der Waals surface area contributed by atoms with Gasteiger partial charge in [-0.05, 0) is 25.4 Å². The van der Waals surface area contributed by atoms with Crippen molar-refractivity contribution in [2.75, 3.05) is 19.0 Å². The molecule has 0 aliphatic carbocycles. The summed E-state index contributed by atoms with van der Waals surface area (Å²) in [5, 5.41) is 3.24. The lowest BCUT2D eigenvalue weighted by Crippen LogP contribution is -2.09. The van der Waals surface area contributed by atoms with E-state index in [1.807, 2.05) is 0 Å². The van der Waals surface area contributed by atoms with Gasteiger partial charge in [0, 0.05) is 5.88 Å². The van der Waals surface area contributed by atoms with Crippen LogP contribution in [0.15, 0.2) is 0 Å². The molecule has 8 heavy (non-hydrogen) atoms. The van der Waals surface area contributed by atoms with Crippen LogP contribution in [-0.2, 0) is 0 Å². The van der Waals surface area contributed by atoms with Gasteiger partial charge in [0.15, 0.2) is 0 Å². The van der Waals surface area contributed by atoms with E-state index in [1.165, 1.54) is 6.42 Å². The van der Waals surface area contributed by atoms with Crippen molar-refractivity contribution in [3.63, 3.8) is 0 Å². The van der Waals surface area contributed by atoms with Gasteiger partial charge in [-0.3, -0.25) is 0 Å². The fourth-order valence-corrected chi connectivity index (χ4v) is 1.11. The van der Waals surface area contributed by atoms with E-state index in [4.69, 9.17) is 11.6 Å². The van der Waals surface area contributed by atoms with Crippen molar-refractivity contribution >= 4 is 24.0 Å². The van der Waals surface area contributed by atoms with Crippen LogP contribution < -0.4 is 5.32 Å². The van der Waals surface area contributed by atoms with Gasteiger partial charge in [0.25, 0.3) is 0 Å². The first kappa shape index (κ1) is 8.54. The van der Waals surface area contributed by atoms with E-state index in [-0.39, 0.29) is 12.4 Å². The average molecular weight is 156 g/mol.